The Kier molecular flexibility index (Phi) is 6.96. The van der Waals surface area contributed by atoms with Crippen molar-refractivity contribution in [1.82, 2.24) is 0 Å². The lowest BCUT2D eigenvalue weighted by molar-refractivity contribution is 0.237. The van der Waals surface area contributed by atoms with Gasteiger partial charge >= 0.3 is 0 Å². The third kappa shape index (κ3) is 5.43. The van der Waals surface area contributed by atoms with Crippen LogP contribution in [-0.4, -0.2) is 0 Å². The van der Waals surface area contributed by atoms with E-state index in [-0.39, 0.29) is 10.8 Å². The summed E-state index contributed by atoms with van der Waals surface area (Å²) in [5.74, 6) is 3.26. The molecule has 2 aromatic carbocycles. The van der Waals surface area contributed by atoms with Crippen LogP contribution in [0.2, 0.25) is 5.02 Å². The van der Waals surface area contributed by atoms with E-state index in [1.54, 1.807) is 6.07 Å². The zero-order valence-corrected chi connectivity index (χ0v) is 18.4. The van der Waals surface area contributed by atoms with Gasteiger partial charge in [0.05, 0.1) is 5.02 Å². The van der Waals surface area contributed by atoms with Crippen LogP contribution < -0.4 is 0 Å². The third-order valence-corrected chi connectivity index (χ3v) is 7.91. The Hall–Kier alpha value is -1.34. The van der Waals surface area contributed by atoms with Crippen molar-refractivity contribution in [3.05, 3.63) is 58.9 Å². The van der Waals surface area contributed by atoms with Gasteiger partial charge in [0, 0.05) is 0 Å². The van der Waals surface area contributed by atoms with Gasteiger partial charge in [-0.3, -0.25) is 0 Å². The van der Waals surface area contributed by atoms with Crippen molar-refractivity contribution in [2.75, 3.05) is 0 Å². The Bertz CT molecular complexity index is 781. The molecule has 0 bridgehead atoms. The molecule has 2 saturated carbocycles. The van der Waals surface area contributed by atoms with Gasteiger partial charge in [0.25, 0.3) is 0 Å². The lowest BCUT2D eigenvalue weighted by Crippen LogP contribution is -2.16. The van der Waals surface area contributed by atoms with Crippen molar-refractivity contribution in [1.29, 1.82) is 0 Å². The van der Waals surface area contributed by atoms with Crippen molar-refractivity contribution in [3.63, 3.8) is 0 Å². The molecular formula is C27H34ClF. The van der Waals surface area contributed by atoms with Crippen LogP contribution in [0.25, 0.3) is 11.1 Å². The van der Waals surface area contributed by atoms with Crippen LogP contribution in [0.5, 0.6) is 0 Å². The highest BCUT2D eigenvalue weighted by Crippen LogP contribution is 2.40. The fourth-order valence-electron chi connectivity index (χ4n) is 5.50. The summed E-state index contributed by atoms with van der Waals surface area (Å²) in [4.78, 5) is 0. The standard InChI is InChI=1S/C27H34ClF/c1-19-2-4-20(5-3-19)6-7-21-8-10-22(11-9-21)23-12-14-24(15-13-23)25-16-17-26(28)27(29)18-25/h12-22H,2-11H2,1H3/t19-,20-,21?,22?. The minimum atomic E-state index is -0.352. The maximum Gasteiger partial charge on any atom is 0.142 e. The van der Waals surface area contributed by atoms with Crippen LogP contribution >= 0.6 is 11.6 Å². The molecule has 4 rings (SSSR count). The van der Waals surface area contributed by atoms with Crippen LogP contribution in [0.1, 0.15) is 82.6 Å². The number of hydrogen-bond donors (Lipinski definition) is 0. The van der Waals surface area contributed by atoms with Crippen molar-refractivity contribution in [2.45, 2.75) is 77.0 Å². The molecule has 2 aliphatic carbocycles. The minimum Gasteiger partial charge on any atom is -0.205 e. The summed E-state index contributed by atoms with van der Waals surface area (Å²) in [5.41, 5.74) is 3.39. The maximum absolute atomic E-state index is 13.7. The monoisotopic (exact) mass is 412 g/mol. The van der Waals surface area contributed by atoms with Crippen LogP contribution in [0, 0.1) is 23.6 Å². The SMILES string of the molecule is C[C@H]1CC[C@H](CCC2CCC(c3ccc(-c4ccc(Cl)c(F)c4)cc3)CC2)CC1. The molecule has 0 saturated heterocycles. The fraction of sp³-hybridized carbons (Fsp3) is 0.556. The quantitative estimate of drug-likeness (QED) is 0.459. The van der Waals surface area contributed by atoms with Crippen LogP contribution in [0.3, 0.4) is 0 Å². The Morgan fingerprint density at radius 3 is 1.90 bits per heavy atom. The molecule has 0 radical (unpaired) electrons. The van der Waals surface area contributed by atoms with Gasteiger partial charge in [-0.2, -0.15) is 0 Å². The second kappa shape index (κ2) is 9.65. The van der Waals surface area contributed by atoms with Crippen molar-refractivity contribution in [2.24, 2.45) is 17.8 Å². The number of hydrogen-bond acceptors (Lipinski definition) is 0. The summed E-state index contributed by atoms with van der Waals surface area (Å²) in [6.45, 7) is 2.41. The van der Waals surface area contributed by atoms with Gasteiger partial charge in [0.15, 0.2) is 0 Å². The Balaban J connectivity index is 1.27. The third-order valence-electron chi connectivity index (χ3n) is 7.60. The molecule has 0 aliphatic heterocycles. The van der Waals surface area contributed by atoms with Gasteiger partial charge < -0.3 is 0 Å². The Labute approximate surface area is 180 Å². The largest absolute Gasteiger partial charge is 0.205 e. The van der Waals surface area contributed by atoms with Gasteiger partial charge in [-0.15, -0.1) is 0 Å². The van der Waals surface area contributed by atoms with E-state index in [0.29, 0.717) is 5.92 Å². The van der Waals surface area contributed by atoms with Gasteiger partial charge in [-0.05, 0) is 78.2 Å². The number of benzene rings is 2. The molecule has 0 aromatic heterocycles. The van der Waals surface area contributed by atoms with Crippen LogP contribution in [0.4, 0.5) is 4.39 Å². The normalized spacial score (nSPS) is 27.7. The molecule has 0 heterocycles. The highest BCUT2D eigenvalue weighted by atomic mass is 35.5. The zero-order valence-electron chi connectivity index (χ0n) is 17.7. The highest BCUT2D eigenvalue weighted by Gasteiger charge is 2.24. The smallest absolute Gasteiger partial charge is 0.142 e. The maximum atomic E-state index is 13.7. The van der Waals surface area contributed by atoms with E-state index in [2.05, 4.69) is 31.2 Å². The Morgan fingerprint density at radius 2 is 1.31 bits per heavy atom. The summed E-state index contributed by atoms with van der Waals surface area (Å²) in [6.07, 6.45) is 14.2. The second-order valence-corrected chi connectivity index (χ2v) is 10.1. The fourth-order valence-corrected chi connectivity index (χ4v) is 5.61. The lowest BCUT2D eigenvalue weighted by atomic mass is 9.74. The molecule has 2 fully saturated rings. The molecule has 0 N–H and O–H groups in total. The lowest BCUT2D eigenvalue weighted by Gasteiger charge is -2.31. The molecule has 0 amide bonds. The summed E-state index contributed by atoms with van der Waals surface area (Å²) in [6, 6.07) is 13.8. The number of rotatable bonds is 5. The van der Waals surface area contributed by atoms with E-state index in [4.69, 9.17) is 11.6 Å². The first-order valence-electron chi connectivity index (χ1n) is 11.6. The highest BCUT2D eigenvalue weighted by molar-refractivity contribution is 6.30. The first-order chi connectivity index (χ1) is 14.1. The van der Waals surface area contributed by atoms with Gasteiger partial charge in [-0.25, -0.2) is 4.39 Å². The van der Waals surface area contributed by atoms with Gasteiger partial charge in [-0.1, -0.05) is 87.4 Å². The molecule has 2 heteroatoms. The Morgan fingerprint density at radius 1 is 0.759 bits per heavy atom. The van der Waals surface area contributed by atoms with Crippen molar-refractivity contribution >= 4 is 11.6 Å². The topological polar surface area (TPSA) is 0 Å². The second-order valence-electron chi connectivity index (χ2n) is 9.67. The van der Waals surface area contributed by atoms with Crippen LogP contribution in [0.15, 0.2) is 42.5 Å². The van der Waals surface area contributed by atoms with Gasteiger partial charge in [0.2, 0.25) is 0 Å². The van der Waals surface area contributed by atoms with Crippen LogP contribution in [-0.2, 0) is 0 Å². The van der Waals surface area contributed by atoms with E-state index in [1.165, 1.54) is 75.8 Å². The molecule has 29 heavy (non-hydrogen) atoms. The molecule has 0 spiro atoms. The molecule has 2 aliphatic rings. The summed E-state index contributed by atoms with van der Waals surface area (Å²) >= 11 is 5.80. The minimum absolute atomic E-state index is 0.181. The van der Waals surface area contributed by atoms with E-state index < -0.39 is 0 Å². The van der Waals surface area contributed by atoms with Gasteiger partial charge in [0.1, 0.15) is 5.82 Å². The predicted octanol–water partition coefficient (Wildman–Crippen LogP) is 9.03. The molecule has 0 nitrogen and oxygen atoms in total. The molecule has 2 aromatic rings. The zero-order chi connectivity index (χ0) is 20.2. The average Bonchev–Trinajstić information content (AvgIpc) is 2.76. The molecule has 156 valence electrons. The molecule has 0 atom stereocenters. The summed E-state index contributed by atoms with van der Waals surface area (Å²) < 4.78 is 13.7. The first kappa shape index (κ1) is 20.9. The summed E-state index contributed by atoms with van der Waals surface area (Å²) in [7, 11) is 0. The first-order valence-corrected chi connectivity index (χ1v) is 12.0. The summed E-state index contributed by atoms with van der Waals surface area (Å²) in [5, 5.41) is 0.181. The van der Waals surface area contributed by atoms with E-state index in [0.717, 1.165) is 28.9 Å². The number of halogens is 2. The predicted molar refractivity (Wildman–Crippen MR) is 122 cm³/mol. The van der Waals surface area contributed by atoms with E-state index in [9.17, 15) is 4.39 Å². The van der Waals surface area contributed by atoms with Crippen molar-refractivity contribution in [3.8, 4) is 11.1 Å². The van der Waals surface area contributed by atoms with E-state index >= 15 is 0 Å². The molecule has 0 unspecified atom stereocenters. The van der Waals surface area contributed by atoms with E-state index in [1.807, 2.05) is 6.07 Å². The van der Waals surface area contributed by atoms with Crippen molar-refractivity contribution < 1.29 is 4.39 Å². The molecular weight excluding hydrogens is 379 g/mol. The average molecular weight is 413 g/mol.